The molecule has 82 valence electrons. The van der Waals surface area contributed by atoms with Gasteiger partial charge in [-0.15, -0.1) is 0 Å². The summed E-state index contributed by atoms with van der Waals surface area (Å²) in [5.74, 6) is -2.13. The smallest absolute Gasteiger partial charge is 0.269 e. The van der Waals surface area contributed by atoms with Gasteiger partial charge in [-0.05, 0) is 11.6 Å². The zero-order valence-electron chi connectivity index (χ0n) is 7.41. The molecule has 0 atom stereocenters. The largest absolute Gasteiger partial charge is 0.473 e. The molecule has 1 aromatic heterocycles. The van der Waals surface area contributed by atoms with Crippen LogP contribution in [-0.2, 0) is 16.2 Å². The number of carbonyl (C=O) groups excluding carboxylic acids is 1. The number of hydrogen-bond acceptors (Lipinski definition) is 3. The topological polar surface area (TPSA) is 51.2 Å². The number of hydrogen-bond donors (Lipinski definition) is 1. The first-order valence-electron chi connectivity index (χ1n) is 3.88. The van der Waals surface area contributed by atoms with E-state index in [9.17, 15) is 18.0 Å². The Kier molecular flexibility index (Phi) is 3.62. The van der Waals surface area contributed by atoms with Crippen LogP contribution in [0.2, 0.25) is 0 Å². The minimum atomic E-state index is -4.94. The second-order valence-electron chi connectivity index (χ2n) is 2.58. The first-order valence-corrected chi connectivity index (χ1v) is 3.88. The standard InChI is InChI=1S/C8H7F3N2O2/c9-8(10,11)7(14)13-15-5-6-2-1-3-12-4-6/h1-4H,5H2,(H,13,14). The number of carbonyl (C=O) groups is 1. The number of nitrogens with zero attached hydrogens (tertiary/aromatic N) is 1. The van der Waals surface area contributed by atoms with Crippen molar-refractivity contribution in [1.82, 2.24) is 10.5 Å². The summed E-state index contributed by atoms with van der Waals surface area (Å²) in [6.45, 7) is -0.171. The summed E-state index contributed by atoms with van der Waals surface area (Å²) in [4.78, 5) is 18.3. The van der Waals surface area contributed by atoms with Crippen molar-refractivity contribution < 1.29 is 22.8 Å². The van der Waals surface area contributed by atoms with Gasteiger partial charge in [0.2, 0.25) is 0 Å². The van der Waals surface area contributed by atoms with Crippen LogP contribution in [0.5, 0.6) is 0 Å². The van der Waals surface area contributed by atoms with E-state index in [-0.39, 0.29) is 6.61 Å². The lowest BCUT2D eigenvalue weighted by Gasteiger charge is -2.07. The molecule has 1 aromatic rings. The van der Waals surface area contributed by atoms with E-state index >= 15 is 0 Å². The van der Waals surface area contributed by atoms with E-state index in [0.717, 1.165) is 0 Å². The fourth-order valence-corrected chi connectivity index (χ4v) is 0.726. The van der Waals surface area contributed by atoms with Crippen molar-refractivity contribution in [2.75, 3.05) is 0 Å². The molecule has 0 fully saturated rings. The second-order valence-corrected chi connectivity index (χ2v) is 2.58. The summed E-state index contributed by atoms with van der Waals surface area (Å²) in [6, 6.07) is 3.21. The van der Waals surface area contributed by atoms with Gasteiger partial charge in [0, 0.05) is 12.4 Å². The number of nitrogens with one attached hydrogen (secondary N) is 1. The van der Waals surface area contributed by atoms with Crippen molar-refractivity contribution in [3.05, 3.63) is 30.1 Å². The maximum Gasteiger partial charge on any atom is 0.473 e. The van der Waals surface area contributed by atoms with E-state index in [2.05, 4.69) is 9.82 Å². The predicted octanol–water partition coefficient (Wildman–Crippen LogP) is 1.19. The average Bonchev–Trinajstić information content (AvgIpc) is 2.18. The molecule has 0 saturated carbocycles. The Morgan fingerprint density at radius 3 is 2.80 bits per heavy atom. The number of amides is 1. The molecule has 0 spiro atoms. The van der Waals surface area contributed by atoms with Crippen LogP contribution in [0.25, 0.3) is 0 Å². The Balaban J connectivity index is 2.32. The van der Waals surface area contributed by atoms with Crippen molar-refractivity contribution in [2.24, 2.45) is 0 Å². The maximum absolute atomic E-state index is 11.7. The van der Waals surface area contributed by atoms with Gasteiger partial charge in [0.15, 0.2) is 0 Å². The molecule has 15 heavy (non-hydrogen) atoms. The molecule has 1 N–H and O–H groups in total. The Morgan fingerprint density at radius 1 is 1.53 bits per heavy atom. The molecule has 1 amide bonds. The van der Waals surface area contributed by atoms with E-state index in [1.807, 2.05) is 0 Å². The maximum atomic E-state index is 11.7. The fraction of sp³-hybridized carbons (Fsp3) is 0.250. The molecule has 0 unspecified atom stereocenters. The van der Waals surface area contributed by atoms with Crippen molar-refractivity contribution >= 4 is 5.91 Å². The fourth-order valence-electron chi connectivity index (χ4n) is 0.726. The Bertz CT molecular complexity index is 326. The molecule has 0 aromatic carbocycles. The molecule has 1 heterocycles. The monoisotopic (exact) mass is 220 g/mol. The lowest BCUT2D eigenvalue weighted by molar-refractivity contribution is -0.186. The van der Waals surface area contributed by atoms with Crippen molar-refractivity contribution in [2.45, 2.75) is 12.8 Å². The van der Waals surface area contributed by atoms with Gasteiger partial charge in [0.1, 0.15) is 6.61 Å². The third-order valence-electron chi connectivity index (χ3n) is 1.38. The minimum Gasteiger partial charge on any atom is -0.269 e. The van der Waals surface area contributed by atoms with Gasteiger partial charge in [-0.3, -0.25) is 14.6 Å². The van der Waals surface area contributed by atoms with Gasteiger partial charge >= 0.3 is 12.1 Å². The third-order valence-corrected chi connectivity index (χ3v) is 1.38. The molecule has 0 radical (unpaired) electrons. The highest BCUT2D eigenvalue weighted by Crippen LogP contribution is 2.14. The summed E-state index contributed by atoms with van der Waals surface area (Å²) in [7, 11) is 0. The quantitative estimate of drug-likeness (QED) is 0.778. The highest BCUT2D eigenvalue weighted by Gasteiger charge is 2.38. The molecule has 4 nitrogen and oxygen atoms in total. The van der Waals surface area contributed by atoms with Crippen LogP contribution in [0.15, 0.2) is 24.5 Å². The van der Waals surface area contributed by atoms with Crippen molar-refractivity contribution in [3.8, 4) is 0 Å². The van der Waals surface area contributed by atoms with Gasteiger partial charge in [0.05, 0.1) is 0 Å². The summed E-state index contributed by atoms with van der Waals surface area (Å²) in [5, 5.41) is 0. The zero-order chi connectivity index (χ0) is 11.3. The summed E-state index contributed by atoms with van der Waals surface area (Å²) in [6.07, 6.45) is -2.01. The molecule has 0 aliphatic heterocycles. The minimum absolute atomic E-state index is 0.171. The molecule has 0 aliphatic carbocycles. The van der Waals surface area contributed by atoms with E-state index in [4.69, 9.17) is 0 Å². The zero-order valence-corrected chi connectivity index (χ0v) is 7.41. The molecule has 0 bridgehead atoms. The van der Waals surface area contributed by atoms with E-state index in [0.29, 0.717) is 5.56 Å². The van der Waals surface area contributed by atoms with Crippen LogP contribution in [0.4, 0.5) is 13.2 Å². The van der Waals surface area contributed by atoms with Crippen LogP contribution in [0.1, 0.15) is 5.56 Å². The first-order chi connectivity index (χ1) is 7.00. The molecule has 0 aliphatic rings. The van der Waals surface area contributed by atoms with Crippen LogP contribution >= 0.6 is 0 Å². The molecule has 1 rings (SSSR count). The molecular weight excluding hydrogens is 213 g/mol. The number of aromatic nitrogens is 1. The highest BCUT2D eigenvalue weighted by molar-refractivity contribution is 5.80. The van der Waals surface area contributed by atoms with Crippen LogP contribution in [-0.4, -0.2) is 17.1 Å². The number of halogens is 3. The average molecular weight is 220 g/mol. The van der Waals surface area contributed by atoms with E-state index < -0.39 is 12.1 Å². The Labute approximate surface area is 83.0 Å². The van der Waals surface area contributed by atoms with Gasteiger partial charge in [0.25, 0.3) is 0 Å². The van der Waals surface area contributed by atoms with Crippen LogP contribution < -0.4 is 5.48 Å². The summed E-state index contributed by atoms with van der Waals surface area (Å²) < 4.78 is 35.0. The van der Waals surface area contributed by atoms with Gasteiger partial charge in [-0.25, -0.2) is 5.48 Å². The van der Waals surface area contributed by atoms with Crippen LogP contribution in [0.3, 0.4) is 0 Å². The highest BCUT2D eigenvalue weighted by atomic mass is 19.4. The predicted molar refractivity (Wildman–Crippen MR) is 43.2 cm³/mol. The second kappa shape index (κ2) is 4.74. The number of rotatable bonds is 3. The lowest BCUT2D eigenvalue weighted by atomic mass is 10.3. The summed E-state index contributed by atoms with van der Waals surface area (Å²) >= 11 is 0. The first kappa shape index (κ1) is 11.4. The van der Waals surface area contributed by atoms with E-state index in [1.165, 1.54) is 17.9 Å². The van der Waals surface area contributed by atoms with E-state index in [1.54, 1.807) is 12.1 Å². The molecular formula is C8H7F3N2O2. The van der Waals surface area contributed by atoms with Crippen molar-refractivity contribution in [1.29, 1.82) is 0 Å². The van der Waals surface area contributed by atoms with Crippen LogP contribution in [0, 0.1) is 0 Å². The van der Waals surface area contributed by atoms with Gasteiger partial charge in [-0.2, -0.15) is 13.2 Å². The normalized spacial score (nSPS) is 11.1. The number of alkyl halides is 3. The Morgan fingerprint density at radius 2 is 2.27 bits per heavy atom. The Hall–Kier alpha value is -1.63. The van der Waals surface area contributed by atoms with Gasteiger partial charge < -0.3 is 0 Å². The number of pyridine rings is 1. The third kappa shape index (κ3) is 3.94. The lowest BCUT2D eigenvalue weighted by Crippen LogP contribution is -2.36. The summed E-state index contributed by atoms with van der Waals surface area (Å²) in [5.41, 5.74) is 1.83. The number of hydroxylamine groups is 1. The van der Waals surface area contributed by atoms with Crippen molar-refractivity contribution in [3.63, 3.8) is 0 Å². The molecule has 0 saturated heterocycles. The van der Waals surface area contributed by atoms with Gasteiger partial charge in [-0.1, -0.05) is 6.07 Å². The SMILES string of the molecule is O=C(NOCc1cccnc1)C(F)(F)F. The molecule has 7 heteroatoms.